The standard InChI is InChI=1S/C54H109O/c1-3-5-7-9-11-13-15-17-19-21-23-25-27-29-30-32-34-36-38-40-42-44-46-48-50-52-54-55-53-51-49-47-45-43-41-39-37-35-33-31-28-26-24-22-20-18-16-14-12-10-8-6-4-2/h54H,3-53H2,1-2H3. The molecule has 0 heterocycles. The summed E-state index contributed by atoms with van der Waals surface area (Å²) in [6.07, 6.45) is 72.5. The molecule has 0 N–H and O–H groups in total. The third-order valence-electron chi connectivity index (χ3n) is 12.7. The van der Waals surface area contributed by atoms with Crippen LogP contribution in [0.4, 0.5) is 0 Å². The van der Waals surface area contributed by atoms with Gasteiger partial charge in [0.2, 0.25) is 0 Å². The van der Waals surface area contributed by atoms with Gasteiger partial charge in [-0.25, -0.2) is 0 Å². The molecule has 0 aliphatic carbocycles. The lowest BCUT2D eigenvalue weighted by atomic mass is 10.0. The second-order valence-electron chi connectivity index (χ2n) is 18.4. The fourth-order valence-corrected chi connectivity index (χ4v) is 8.68. The molecule has 55 heavy (non-hydrogen) atoms. The van der Waals surface area contributed by atoms with E-state index in [9.17, 15) is 0 Å². The average molecular weight is 774 g/mol. The smallest absolute Gasteiger partial charge is 0.0836 e. The van der Waals surface area contributed by atoms with Crippen LogP contribution in [0.5, 0.6) is 0 Å². The molecular weight excluding hydrogens is 665 g/mol. The number of unbranched alkanes of at least 4 members (excludes halogenated alkanes) is 48. The van der Waals surface area contributed by atoms with E-state index < -0.39 is 0 Å². The normalized spacial score (nSPS) is 11.7. The van der Waals surface area contributed by atoms with E-state index in [2.05, 4.69) is 20.5 Å². The Labute approximate surface area is 351 Å². The van der Waals surface area contributed by atoms with Gasteiger partial charge in [-0.1, -0.05) is 322 Å². The fraction of sp³-hybridized carbons (Fsp3) is 0.981. The van der Waals surface area contributed by atoms with Gasteiger partial charge < -0.3 is 4.74 Å². The lowest BCUT2D eigenvalue weighted by Gasteiger charge is -2.05. The highest BCUT2D eigenvalue weighted by Gasteiger charge is 1.99. The Morgan fingerprint density at radius 1 is 0.200 bits per heavy atom. The van der Waals surface area contributed by atoms with Gasteiger partial charge >= 0.3 is 0 Å². The predicted octanol–water partition coefficient (Wildman–Crippen LogP) is 20.7. The Hall–Kier alpha value is -0.0400. The molecule has 1 radical (unpaired) electrons. The van der Waals surface area contributed by atoms with Gasteiger partial charge in [0.1, 0.15) is 0 Å². The van der Waals surface area contributed by atoms with E-state index in [1.165, 1.54) is 315 Å². The van der Waals surface area contributed by atoms with Crippen LogP contribution in [0.15, 0.2) is 0 Å². The molecule has 0 aromatic carbocycles. The molecule has 1 heteroatoms. The minimum atomic E-state index is 0.943. The molecule has 331 valence electrons. The maximum atomic E-state index is 5.81. The molecule has 0 saturated carbocycles. The number of hydrogen-bond acceptors (Lipinski definition) is 1. The molecule has 0 fully saturated rings. The van der Waals surface area contributed by atoms with Crippen LogP contribution in [0.1, 0.15) is 335 Å². The lowest BCUT2D eigenvalue weighted by molar-refractivity contribution is 0.183. The molecule has 0 saturated heterocycles. The third-order valence-corrected chi connectivity index (χ3v) is 12.7. The summed E-state index contributed by atoms with van der Waals surface area (Å²) in [5, 5.41) is 0. The SMILES string of the molecule is CCCCCCCCCCCCCCCCCCCCCCCCCCC[CH]OCCCCCCCCCCCCCCCCCCCCCCCCCC. The van der Waals surface area contributed by atoms with Gasteiger partial charge in [-0.2, -0.15) is 0 Å². The van der Waals surface area contributed by atoms with Crippen LogP contribution in [-0.2, 0) is 4.74 Å². The molecule has 1 nitrogen and oxygen atoms in total. The molecule has 0 aromatic rings. The van der Waals surface area contributed by atoms with Gasteiger partial charge in [-0.3, -0.25) is 0 Å². The molecule has 0 rings (SSSR count). The summed E-state index contributed by atoms with van der Waals surface area (Å²) in [5.74, 6) is 0. The van der Waals surface area contributed by atoms with Crippen molar-refractivity contribution in [1.29, 1.82) is 0 Å². The first-order chi connectivity index (χ1) is 27.4. The monoisotopic (exact) mass is 774 g/mol. The zero-order chi connectivity index (χ0) is 39.5. The maximum absolute atomic E-state index is 5.81. The van der Waals surface area contributed by atoms with Crippen molar-refractivity contribution < 1.29 is 4.74 Å². The highest BCUT2D eigenvalue weighted by molar-refractivity contribution is 4.56. The maximum Gasteiger partial charge on any atom is 0.0836 e. The van der Waals surface area contributed by atoms with Crippen molar-refractivity contribution in [2.75, 3.05) is 6.61 Å². The largest absolute Gasteiger partial charge is 0.376 e. The minimum absolute atomic E-state index is 0.943. The molecular formula is C54H109O. The van der Waals surface area contributed by atoms with Crippen LogP contribution in [0.2, 0.25) is 0 Å². The van der Waals surface area contributed by atoms with E-state index in [0.717, 1.165) is 13.0 Å². The summed E-state index contributed by atoms with van der Waals surface area (Å²) in [6.45, 7) is 7.67. The molecule has 0 amide bonds. The zero-order valence-electron chi connectivity index (χ0n) is 39.0. The minimum Gasteiger partial charge on any atom is -0.376 e. The van der Waals surface area contributed by atoms with Gasteiger partial charge in [-0.05, 0) is 12.8 Å². The van der Waals surface area contributed by atoms with Gasteiger partial charge in [0.05, 0.1) is 6.61 Å². The van der Waals surface area contributed by atoms with Crippen molar-refractivity contribution in [2.45, 2.75) is 335 Å². The molecule has 0 bridgehead atoms. The van der Waals surface area contributed by atoms with Crippen LogP contribution in [0.3, 0.4) is 0 Å². The summed E-state index contributed by atoms with van der Waals surface area (Å²) in [5.41, 5.74) is 0. The number of ether oxygens (including phenoxy) is 1. The first-order valence-electron chi connectivity index (χ1n) is 26.8. The van der Waals surface area contributed by atoms with Crippen molar-refractivity contribution in [3.63, 3.8) is 0 Å². The fourth-order valence-electron chi connectivity index (χ4n) is 8.68. The highest BCUT2D eigenvalue weighted by atomic mass is 16.5. The summed E-state index contributed by atoms with van der Waals surface area (Å²) in [7, 11) is 0. The number of rotatable bonds is 52. The van der Waals surface area contributed by atoms with Crippen LogP contribution in [-0.4, -0.2) is 6.61 Å². The molecule has 0 aromatic heterocycles. The predicted molar refractivity (Wildman–Crippen MR) is 252 cm³/mol. The Bertz CT molecular complexity index is 562. The van der Waals surface area contributed by atoms with Crippen molar-refractivity contribution in [1.82, 2.24) is 0 Å². The first kappa shape index (κ1) is 55.0. The topological polar surface area (TPSA) is 9.23 Å². The van der Waals surface area contributed by atoms with Gasteiger partial charge in [0, 0.05) is 6.61 Å². The van der Waals surface area contributed by atoms with E-state index in [-0.39, 0.29) is 0 Å². The summed E-state index contributed by atoms with van der Waals surface area (Å²) in [6, 6.07) is 0. The molecule has 0 spiro atoms. The summed E-state index contributed by atoms with van der Waals surface area (Å²) < 4.78 is 5.81. The van der Waals surface area contributed by atoms with Crippen LogP contribution >= 0.6 is 0 Å². The van der Waals surface area contributed by atoms with Crippen molar-refractivity contribution in [3.05, 3.63) is 6.61 Å². The molecule has 0 aliphatic heterocycles. The second-order valence-corrected chi connectivity index (χ2v) is 18.4. The van der Waals surface area contributed by atoms with Crippen LogP contribution in [0, 0.1) is 6.61 Å². The van der Waals surface area contributed by atoms with Crippen molar-refractivity contribution >= 4 is 0 Å². The van der Waals surface area contributed by atoms with E-state index in [0.29, 0.717) is 0 Å². The average Bonchev–Trinajstić information content (AvgIpc) is 3.20. The van der Waals surface area contributed by atoms with Crippen molar-refractivity contribution in [2.24, 2.45) is 0 Å². The first-order valence-corrected chi connectivity index (χ1v) is 26.8. The Balaban J connectivity index is 3.05. The second kappa shape index (κ2) is 54.0. The quantitative estimate of drug-likeness (QED) is 0.0560. The Morgan fingerprint density at radius 3 is 0.564 bits per heavy atom. The van der Waals surface area contributed by atoms with E-state index >= 15 is 0 Å². The Kier molecular flexibility index (Phi) is 53.9. The molecule has 0 aliphatic rings. The molecule has 0 unspecified atom stereocenters. The zero-order valence-corrected chi connectivity index (χ0v) is 39.0. The number of hydrogen-bond donors (Lipinski definition) is 0. The van der Waals surface area contributed by atoms with Crippen molar-refractivity contribution in [3.8, 4) is 0 Å². The van der Waals surface area contributed by atoms with Gasteiger partial charge in [0.15, 0.2) is 0 Å². The summed E-state index contributed by atoms with van der Waals surface area (Å²) in [4.78, 5) is 0. The van der Waals surface area contributed by atoms with E-state index in [1.807, 2.05) is 0 Å². The highest BCUT2D eigenvalue weighted by Crippen LogP contribution is 2.18. The molecule has 0 atom stereocenters. The van der Waals surface area contributed by atoms with Crippen LogP contribution < -0.4 is 0 Å². The van der Waals surface area contributed by atoms with Gasteiger partial charge in [0.25, 0.3) is 0 Å². The summed E-state index contributed by atoms with van der Waals surface area (Å²) >= 11 is 0. The lowest BCUT2D eigenvalue weighted by Crippen LogP contribution is -1.92. The van der Waals surface area contributed by atoms with E-state index in [4.69, 9.17) is 4.74 Å². The van der Waals surface area contributed by atoms with Gasteiger partial charge in [-0.15, -0.1) is 0 Å². The Morgan fingerprint density at radius 2 is 0.364 bits per heavy atom. The third kappa shape index (κ3) is 54.0. The van der Waals surface area contributed by atoms with E-state index in [1.54, 1.807) is 0 Å². The van der Waals surface area contributed by atoms with Crippen LogP contribution in [0.25, 0.3) is 0 Å².